The highest BCUT2D eigenvalue weighted by Crippen LogP contribution is 2.25. The minimum absolute atomic E-state index is 0.197. The van der Waals surface area contributed by atoms with Crippen LogP contribution in [0.4, 0.5) is 0 Å². The van der Waals surface area contributed by atoms with E-state index >= 15 is 0 Å². The van der Waals surface area contributed by atoms with Crippen molar-refractivity contribution < 1.29 is 14.3 Å². The van der Waals surface area contributed by atoms with Crippen LogP contribution in [-0.2, 0) is 9.53 Å². The Morgan fingerprint density at radius 2 is 1.50 bits per heavy atom. The van der Waals surface area contributed by atoms with Gasteiger partial charge in [0, 0.05) is 17.5 Å². The van der Waals surface area contributed by atoms with Crippen molar-refractivity contribution in [2.45, 2.75) is 45.6 Å². The second-order valence-electron chi connectivity index (χ2n) is 6.17. The molecule has 2 aromatic rings. The van der Waals surface area contributed by atoms with Crippen LogP contribution < -0.4 is 0 Å². The molecule has 0 aromatic heterocycles. The lowest BCUT2D eigenvalue weighted by Crippen LogP contribution is -2.20. The number of rotatable bonds is 7. The zero-order valence-corrected chi connectivity index (χ0v) is 14.5. The molecule has 0 spiro atoms. The first-order valence-corrected chi connectivity index (χ1v) is 8.41. The monoisotopic (exact) mass is 324 g/mol. The van der Waals surface area contributed by atoms with Crippen molar-refractivity contribution in [3.05, 3.63) is 71.3 Å². The SMILES string of the molecule is CCCC(=O)O[C@H](C(=O)c1ccccc1)c1ccc(C(C)C)cc1. The molecule has 0 N–H and O–H groups in total. The van der Waals surface area contributed by atoms with Crippen LogP contribution in [0.25, 0.3) is 0 Å². The molecule has 3 nitrogen and oxygen atoms in total. The Hall–Kier alpha value is -2.42. The van der Waals surface area contributed by atoms with E-state index in [1.165, 1.54) is 5.56 Å². The molecular formula is C21H24O3. The molecule has 2 aromatic carbocycles. The average Bonchev–Trinajstić information content (AvgIpc) is 2.60. The van der Waals surface area contributed by atoms with Crippen molar-refractivity contribution in [2.24, 2.45) is 0 Å². The molecular weight excluding hydrogens is 300 g/mol. The number of carbonyl (C=O) groups is 2. The third-order valence-corrected chi connectivity index (χ3v) is 3.91. The largest absolute Gasteiger partial charge is 0.449 e. The molecule has 0 saturated carbocycles. The summed E-state index contributed by atoms with van der Waals surface area (Å²) in [6.07, 6.45) is 0.104. The van der Waals surface area contributed by atoms with Crippen molar-refractivity contribution in [3.8, 4) is 0 Å². The topological polar surface area (TPSA) is 43.4 Å². The maximum absolute atomic E-state index is 12.8. The van der Waals surface area contributed by atoms with E-state index in [1.807, 2.05) is 37.3 Å². The quantitative estimate of drug-likeness (QED) is 0.527. The van der Waals surface area contributed by atoms with Gasteiger partial charge in [-0.05, 0) is 17.9 Å². The van der Waals surface area contributed by atoms with Gasteiger partial charge in [-0.2, -0.15) is 0 Å². The fourth-order valence-corrected chi connectivity index (χ4v) is 2.48. The summed E-state index contributed by atoms with van der Waals surface area (Å²) in [7, 11) is 0. The highest BCUT2D eigenvalue weighted by Gasteiger charge is 2.26. The number of benzene rings is 2. The molecule has 0 aliphatic rings. The van der Waals surface area contributed by atoms with E-state index in [-0.39, 0.29) is 11.8 Å². The summed E-state index contributed by atoms with van der Waals surface area (Å²) in [5.74, 6) is -0.137. The molecule has 24 heavy (non-hydrogen) atoms. The molecule has 0 heterocycles. The Balaban J connectivity index is 2.31. The van der Waals surface area contributed by atoms with Crippen LogP contribution in [0, 0.1) is 0 Å². The maximum Gasteiger partial charge on any atom is 0.306 e. The van der Waals surface area contributed by atoms with Gasteiger partial charge in [-0.25, -0.2) is 0 Å². The third kappa shape index (κ3) is 4.54. The minimum atomic E-state index is -0.896. The highest BCUT2D eigenvalue weighted by molar-refractivity contribution is 6.00. The lowest BCUT2D eigenvalue weighted by molar-refractivity contribution is -0.147. The Morgan fingerprint density at radius 1 is 0.917 bits per heavy atom. The van der Waals surface area contributed by atoms with Crippen LogP contribution in [0.5, 0.6) is 0 Å². The molecule has 0 aliphatic carbocycles. The second kappa shape index (κ2) is 8.44. The zero-order valence-electron chi connectivity index (χ0n) is 14.5. The van der Waals surface area contributed by atoms with E-state index in [0.29, 0.717) is 29.9 Å². The normalized spacial score (nSPS) is 12.0. The molecule has 0 amide bonds. The van der Waals surface area contributed by atoms with Gasteiger partial charge in [0.05, 0.1) is 0 Å². The van der Waals surface area contributed by atoms with Crippen molar-refractivity contribution in [1.82, 2.24) is 0 Å². The molecule has 0 fully saturated rings. The van der Waals surface area contributed by atoms with Crippen LogP contribution in [0.3, 0.4) is 0 Å². The molecule has 0 saturated heterocycles. The highest BCUT2D eigenvalue weighted by atomic mass is 16.5. The third-order valence-electron chi connectivity index (χ3n) is 3.91. The smallest absolute Gasteiger partial charge is 0.306 e. The summed E-state index contributed by atoms with van der Waals surface area (Å²) in [4.78, 5) is 24.8. The summed E-state index contributed by atoms with van der Waals surface area (Å²) < 4.78 is 5.51. The first-order chi connectivity index (χ1) is 11.5. The number of esters is 1. The van der Waals surface area contributed by atoms with Crippen LogP contribution in [0.15, 0.2) is 54.6 Å². The van der Waals surface area contributed by atoms with Crippen molar-refractivity contribution in [3.63, 3.8) is 0 Å². The Labute approximate surface area is 143 Å². The first kappa shape index (κ1) is 17.9. The fraction of sp³-hybridized carbons (Fsp3) is 0.333. The number of hydrogen-bond donors (Lipinski definition) is 0. The van der Waals surface area contributed by atoms with Crippen molar-refractivity contribution in [2.75, 3.05) is 0 Å². The Kier molecular flexibility index (Phi) is 6.30. The molecule has 3 heteroatoms. The van der Waals surface area contributed by atoms with Gasteiger partial charge in [0.15, 0.2) is 6.10 Å². The van der Waals surface area contributed by atoms with Gasteiger partial charge in [0.1, 0.15) is 0 Å². The van der Waals surface area contributed by atoms with E-state index in [2.05, 4.69) is 13.8 Å². The summed E-state index contributed by atoms with van der Waals surface area (Å²) >= 11 is 0. The van der Waals surface area contributed by atoms with Crippen LogP contribution in [0.1, 0.15) is 67.1 Å². The maximum atomic E-state index is 12.8. The second-order valence-corrected chi connectivity index (χ2v) is 6.17. The molecule has 1 atom stereocenters. The van der Waals surface area contributed by atoms with E-state index in [9.17, 15) is 9.59 Å². The van der Waals surface area contributed by atoms with E-state index < -0.39 is 6.10 Å². The number of carbonyl (C=O) groups excluding carboxylic acids is 2. The molecule has 0 bridgehead atoms. The number of ether oxygens (including phenoxy) is 1. The minimum Gasteiger partial charge on any atom is -0.449 e. The summed E-state index contributed by atoms with van der Waals surface area (Å²) in [6.45, 7) is 6.14. The van der Waals surface area contributed by atoms with Crippen molar-refractivity contribution >= 4 is 11.8 Å². The van der Waals surface area contributed by atoms with E-state index in [1.54, 1.807) is 24.3 Å². The predicted molar refractivity (Wildman–Crippen MR) is 95.0 cm³/mol. The molecule has 2 rings (SSSR count). The Bertz CT molecular complexity index is 672. The lowest BCUT2D eigenvalue weighted by atomic mass is 9.96. The van der Waals surface area contributed by atoms with Crippen molar-refractivity contribution in [1.29, 1.82) is 0 Å². The lowest BCUT2D eigenvalue weighted by Gasteiger charge is -2.18. The number of Topliss-reactive ketones (excluding diaryl/α,β-unsaturated/α-hetero) is 1. The van der Waals surface area contributed by atoms with Crippen LogP contribution in [0.2, 0.25) is 0 Å². The number of ketones is 1. The summed E-state index contributed by atoms with van der Waals surface area (Å²) in [6, 6.07) is 16.7. The molecule has 0 aliphatic heterocycles. The predicted octanol–water partition coefficient (Wildman–Crippen LogP) is 5.08. The first-order valence-electron chi connectivity index (χ1n) is 8.41. The van der Waals surface area contributed by atoms with Gasteiger partial charge >= 0.3 is 5.97 Å². The Morgan fingerprint density at radius 3 is 2.04 bits per heavy atom. The average molecular weight is 324 g/mol. The molecule has 0 unspecified atom stereocenters. The van der Waals surface area contributed by atoms with Gasteiger partial charge in [-0.1, -0.05) is 75.4 Å². The van der Waals surface area contributed by atoms with Gasteiger partial charge in [-0.3, -0.25) is 9.59 Å². The van der Waals surface area contributed by atoms with Crippen LogP contribution in [-0.4, -0.2) is 11.8 Å². The summed E-state index contributed by atoms with van der Waals surface area (Å²) in [5, 5.41) is 0. The van der Waals surface area contributed by atoms with E-state index in [0.717, 1.165) is 0 Å². The molecule has 126 valence electrons. The van der Waals surface area contributed by atoms with Crippen LogP contribution >= 0.6 is 0 Å². The number of hydrogen-bond acceptors (Lipinski definition) is 3. The van der Waals surface area contributed by atoms with Gasteiger partial charge in [0.25, 0.3) is 0 Å². The van der Waals surface area contributed by atoms with Gasteiger partial charge < -0.3 is 4.74 Å². The standard InChI is InChI=1S/C21H24O3/c1-4-8-19(22)24-21(20(23)17-9-6-5-7-10-17)18-13-11-16(12-14-18)15(2)3/h5-7,9-15,21H,4,8H2,1-3H3/t21-/m0/s1. The summed E-state index contributed by atoms with van der Waals surface area (Å²) in [5.41, 5.74) is 2.43. The van der Waals surface area contributed by atoms with Gasteiger partial charge in [0.2, 0.25) is 5.78 Å². The van der Waals surface area contributed by atoms with E-state index in [4.69, 9.17) is 4.74 Å². The zero-order chi connectivity index (χ0) is 17.5. The molecule has 0 radical (unpaired) electrons. The van der Waals surface area contributed by atoms with Gasteiger partial charge in [-0.15, -0.1) is 0 Å². The fourth-order valence-electron chi connectivity index (χ4n) is 2.48.